The molecule has 186 valence electrons. The van der Waals surface area contributed by atoms with Gasteiger partial charge in [-0.25, -0.2) is 18.6 Å². The average Bonchev–Trinajstić information content (AvgIpc) is 3.09. The largest absolute Gasteiger partial charge is 0.465 e. The Bertz CT molecular complexity index is 1280. The summed E-state index contributed by atoms with van der Waals surface area (Å²) in [6, 6.07) is 3.30. The molecule has 4 rings (SSSR count). The number of carboxylic acid groups (broad SMARTS) is 1. The highest BCUT2D eigenvalue weighted by Crippen LogP contribution is 2.35. The predicted octanol–water partition coefficient (Wildman–Crippen LogP) is 4.18. The number of pyridine rings is 1. The lowest BCUT2D eigenvalue weighted by Gasteiger charge is -2.31. The van der Waals surface area contributed by atoms with Gasteiger partial charge >= 0.3 is 12.3 Å². The summed E-state index contributed by atoms with van der Waals surface area (Å²) < 4.78 is 76.7. The SMILES string of the molecule is CC(=O)Nc1cc(F)c(-c2nc3cc(C(F)(F)F)ccn3c2C[C@H]2CN(C(=O)O)CCO2)c(F)c1. The number of hydrogen-bond acceptors (Lipinski definition) is 4. The summed E-state index contributed by atoms with van der Waals surface area (Å²) >= 11 is 0. The maximum atomic E-state index is 15.0. The maximum Gasteiger partial charge on any atom is 0.416 e. The molecule has 1 fully saturated rings. The van der Waals surface area contributed by atoms with Crippen molar-refractivity contribution in [3.8, 4) is 11.3 Å². The number of morpholine rings is 1. The van der Waals surface area contributed by atoms with Crippen molar-refractivity contribution in [2.45, 2.75) is 25.6 Å². The number of anilines is 1. The van der Waals surface area contributed by atoms with E-state index in [0.717, 1.165) is 42.3 Å². The monoisotopic (exact) mass is 498 g/mol. The predicted molar refractivity (Wildman–Crippen MR) is 113 cm³/mol. The highest BCUT2D eigenvalue weighted by atomic mass is 19.4. The van der Waals surface area contributed by atoms with Gasteiger partial charge in [0, 0.05) is 31.8 Å². The quantitative estimate of drug-likeness (QED) is 0.527. The lowest BCUT2D eigenvalue weighted by Crippen LogP contribution is -2.45. The van der Waals surface area contributed by atoms with Crippen molar-refractivity contribution in [3.63, 3.8) is 0 Å². The van der Waals surface area contributed by atoms with Gasteiger partial charge in [-0.15, -0.1) is 0 Å². The molecule has 0 aliphatic carbocycles. The molecule has 2 aromatic heterocycles. The molecule has 0 saturated carbocycles. The van der Waals surface area contributed by atoms with E-state index in [1.165, 1.54) is 4.40 Å². The number of halogens is 5. The lowest BCUT2D eigenvalue weighted by atomic mass is 10.0. The van der Waals surface area contributed by atoms with E-state index in [1.54, 1.807) is 0 Å². The van der Waals surface area contributed by atoms with Crippen LogP contribution in [0.1, 0.15) is 18.2 Å². The Balaban J connectivity index is 1.84. The molecule has 2 amide bonds. The van der Waals surface area contributed by atoms with Crippen molar-refractivity contribution in [3.05, 3.63) is 53.4 Å². The van der Waals surface area contributed by atoms with Crippen molar-refractivity contribution >= 4 is 23.3 Å². The number of carbonyl (C=O) groups is 2. The molecule has 0 unspecified atom stereocenters. The van der Waals surface area contributed by atoms with Gasteiger partial charge in [-0.2, -0.15) is 13.2 Å². The van der Waals surface area contributed by atoms with Crippen LogP contribution in [-0.2, 0) is 22.1 Å². The number of carbonyl (C=O) groups excluding carboxylic acids is 1. The maximum absolute atomic E-state index is 15.0. The molecule has 3 heterocycles. The van der Waals surface area contributed by atoms with Crippen LogP contribution in [0.5, 0.6) is 0 Å². The first kappa shape index (κ1) is 24.4. The fraction of sp³-hybridized carbons (Fsp3) is 0.318. The summed E-state index contributed by atoms with van der Waals surface area (Å²) in [5, 5.41) is 11.5. The molecule has 13 heteroatoms. The normalized spacial score (nSPS) is 16.5. The topological polar surface area (TPSA) is 96.2 Å². The number of rotatable bonds is 4. The van der Waals surface area contributed by atoms with Crippen LogP contribution in [0, 0.1) is 11.6 Å². The Morgan fingerprint density at radius 2 is 1.91 bits per heavy atom. The number of aromatic nitrogens is 2. The van der Waals surface area contributed by atoms with Gasteiger partial charge < -0.3 is 24.5 Å². The molecule has 35 heavy (non-hydrogen) atoms. The van der Waals surface area contributed by atoms with Crippen LogP contribution >= 0.6 is 0 Å². The average molecular weight is 498 g/mol. The van der Waals surface area contributed by atoms with E-state index in [9.17, 15) is 27.9 Å². The standard InChI is InChI=1S/C22H19F5N4O4/c1-11(32)28-13-7-15(23)19(16(24)8-13)20-17(9-14-10-30(21(33)34)4-5-35-14)31-3-2-12(22(25,26)27)6-18(31)29-20/h2-3,6-8,14H,4-5,9-10H2,1H3,(H,28,32)(H,33,34)/t14-/m0/s1. The van der Waals surface area contributed by atoms with Gasteiger partial charge in [0.1, 0.15) is 17.3 Å². The van der Waals surface area contributed by atoms with Crippen molar-refractivity contribution in [2.75, 3.05) is 25.0 Å². The zero-order chi connectivity index (χ0) is 25.5. The van der Waals surface area contributed by atoms with E-state index in [4.69, 9.17) is 4.74 Å². The molecule has 1 aliphatic heterocycles. The van der Waals surface area contributed by atoms with E-state index >= 15 is 8.78 Å². The van der Waals surface area contributed by atoms with Gasteiger partial charge in [0.15, 0.2) is 0 Å². The number of alkyl halides is 3. The number of imidazole rings is 1. The number of benzene rings is 1. The number of nitrogens with one attached hydrogen (secondary N) is 1. The summed E-state index contributed by atoms with van der Waals surface area (Å²) in [6.45, 7) is 1.33. The minimum Gasteiger partial charge on any atom is -0.465 e. The number of nitrogens with zero attached hydrogens (tertiary/aromatic N) is 3. The second-order valence-corrected chi connectivity index (χ2v) is 7.97. The van der Waals surface area contributed by atoms with Crippen molar-refractivity contribution in [2.24, 2.45) is 0 Å². The van der Waals surface area contributed by atoms with E-state index in [0.29, 0.717) is 0 Å². The van der Waals surface area contributed by atoms with E-state index in [-0.39, 0.29) is 48.8 Å². The zero-order valence-corrected chi connectivity index (χ0v) is 18.2. The lowest BCUT2D eigenvalue weighted by molar-refractivity contribution is -0.137. The van der Waals surface area contributed by atoms with Gasteiger partial charge in [0.2, 0.25) is 5.91 Å². The van der Waals surface area contributed by atoms with Crippen LogP contribution in [0.2, 0.25) is 0 Å². The van der Waals surface area contributed by atoms with Crippen molar-refractivity contribution < 1.29 is 41.4 Å². The fourth-order valence-electron chi connectivity index (χ4n) is 3.97. The number of hydrogen-bond donors (Lipinski definition) is 2. The second-order valence-electron chi connectivity index (χ2n) is 7.97. The van der Waals surface area contributed by atoms with Gasteiger partial charge in [-0.3, -0.25) is 4.79 Å². The molecule has 8 nitrogen and oxygen atoms in total. The summed E-state index contributed by atoms with van der Waals surface area (Å²) in [5.74, 6) is -2.74. The summed E-state index contributed by atoms with van der Waals surface area (Å²) in [5.41, 5.74) is -2.08. The third kappa shape index (κ3) is 5.04. The van der Waals surface area contributed by atoms with Crippen LogP contribution in [0.25, 0.3) is 16.9 Å². The number of amides is 2. The molecule has 1 aliphatic rings. The van der Waals surface area contributed by atoms with Crippen LogP contribution in [0.3, 0.4) is 0 Å². The molecule has 0 radical (unpaired) electrons. The first-order valence-corrected chi connectivity index (χ1v) is 10.4. The summed E-state index contributed by atoms with van der Waals surface area (Å²) in [6.07, 6.45) is -5.57. The van der Waals surface area contributed by atoms with Crippen LogP contribution in [-0.4, -0.2) is 57.2 Å². The highest BCUT2D eigenvalue weighted by Gasteiger charge is 2.33. The van der Waals surface area contributed by atoms with Crippen molar-refractivity contribution in [1.29, 1.82) is 0 Å². The number of ether oxygens (including phenoxy) is 1. The van der Waals surface area contributed by atoms with Gasteiger partial charge in [-0.05, 0) is 24.3 Å². The van der Waals surface area contributed by atoms with Crippen molar-refractivity contribution in [1.82, 2.24) is 14.3 Å². The Morgan fingerprint density at radius 1 is 1.23 bits per heavy atom. The molecule has 1 saturated heterocycles. The minimum absolute atomic E-state index is 0.0466. The molecule has 0 spiro atoms. The molecular weight excluding hydrogens is 479 g/mol. The Labute approximate surface area is 194 Å². The van der Waals surface area contributed by atoms with E-state index < -0.39 is 47.0 Å². The first-order chi connectivity index (χ1) is 16.4. The van der Waals surface area contributed by atoms with Gasteiger partial charge in [0.05, 0.1) is 41.8 Å². The Hall–Kier alpha value is -3.74. The van der Waals surface area contributed by atoms with E-state index in [1.807, 2.05) is 0 Å². The second kappa shape index (κ2) is 9.13. The molecule has 0 bridgehead atoms. The Morgan fingerprint density at radius 3 is 2.51 bits per heavy atom. The summed E-state index contributed by atoms with van der Waals surface area (Å²) in [7, 11) is 0. The smallest absolute Gasteiger partial charge is 0.416 e. The van der Waals surface area contributed by atoms with Gasteiger partial charge in [-0.1, -0.05) is 0 Å². The first-order valence-electron chi connectivity index (χ1n) is 10.4. The highest BCUT2D eigenvalue weighted by molar-refractivity contribution is 5.89. The number of fused-ring (bicyclic) bond motifs is 1. The minimum atomic E-state index is -4.67. The molecule has 1 aromatic carbocycles. The Kier molecular flexibility index (Phi) is 6.36. The zero-order valence-electron chi connectivity index (χ0n) is 18.2. The van der Waals surface area contributed by atoms with Crippen LogP contribution in [0.15, 0.2) is 30.5 Å². The summed E-state index contributed by atoms with van der Waals surface area (Å²) in [4.78, 5) is 27.8. The van der Waals surface area contributed by atoms with Gasteiger partial charge in [0.25, 0.3) is 0 Å². The van der Waals surface area contributed by atoms with E-state index in [2.05, 4.69) is 10.3 Å². The van der Waals surface area contributed by atoms with Crippen LogP contribution in [0.4, 0.5) is 32.4 Å². The molecule has 2 N–H and O–H groups in total. The van der Waals surface area contributed by atoms with Crippen LogP contribution < -0.4 is 5.32 Å². The molecule has 1 atom stereocenters. The fourth-order valence-corrected chi connectivity index (χ4v) is 3.97. The third-order valence-corrected chi connectivity index (χ3v) is 5.48. The molecular formula is C22H19F5N4O4. The third-order valence-electron chi connectivity index (χ3n) is 5.48. The molecule has 3 aromatic rings.